The maximum absolute atomic E-state index is 14.0. The van der Waals surface area contributed by atoms with Crippen molar-refractivity contribution in [1.82, 2.24) is 24.9 Å². The molecule has 48 heavy (non-hydrogen) atoms. The molecule has 0 bridgehead atoms. The fourth-order valence-electron chi connectivity index (χ4n) is 7.57. The van der Waals surface area contributed by atoms with Crippen molar-refractivity contribution in [1.29, 1.82) is 0 Å². The minimum atomic E-state index is -1.01. The molecule has 2 aromatic carbocycles. The van der Waals surface area contributed by atoms with E-state index in [0.29, 0.717) is 69.7 Å². The van der Waals surface area contributed by atoms with Crippen LogP contribution >= 0.6 is 0 Å². The third-order valence-corrected chi connectivity index (χ3v) is 10.2. The van der Waals surface area contributed by atoms with Crippen LogP contribution < -0.4 is 20.7 Å². The molecule has 3 fully saturated rings. The Morgan fingerprint density at radius 3 is 2.27 bits per heavy atom. The summed E-state index contributed by atoms with van der Waals surface area (Å²) in [5, 5.41) is 8.64. The highest BCUT2D eigenvalue weighted by Gasteiger charge is 2.36. The van der Waals surface area contributed by atoms with Crippen LogP contribution in [-0.2, 0) is 16.1 Å². The van der Waals surface area contributed by atoms with Crippen molar-refractivity contribution in [3.63, 3.8) is 0 Å². The first kappa shape index (κ1) is 33.6. The van der Waals surface area contributed by atoms with E-state index in [0.717, 1.165) is 37.2 Å². The number of nitrogens with one attached hydrogen (secondary N) is 3. The number of rotatable bonds is 9. The number of para-hydroxylation sites is 3. The van der Waals surface area contributed by atoms with Gasteiger partial charge in [-0.3, -0.25) is 9.59 Å². The van der Waals surface area contributed by atoms with Gasteiger partial charge >= 0.3 is 12.1 Å². The van der Waals surface area contributed by atoms with Crippen molar-refractivity contribution in [2.45, 2.75) is 83.0 Å². The fraction of sp³-hybridized carbons (Fsp3) is 0.556. The van der Waals surface area contributed by atoms with E-state index in [9.17, 15) is 19.2 Å². The Kier molecular flexibility index (Phi) is 11.0. The molecule has 0 radical (unpaired) electrons. The summed E-state index contributed by atoms with van der Waals surface area (Å²) in [6, 6.07) is 13.7. The molecule has 4 aliphatic rings. The number of likely N-dealkylation sites (tertiary alicyclic amines) is 3. The first-order valence-electron chi connectivity index (χ1n) is 17.6. The van der Waals surface area contributed by atoms with Crippen LogP contribution in [0.4, 0.5) is 21.0 Å². The third-order valence-electron chi connectivity index (χ3n) is 10.2. The van der Waals surface area contributed by atoms with E-state index in [1.54, 1.807) is 23.1 Å². The van der Waals surface area contributed by atoms with Crippen LogP contribution in [0, 0.1) is 0 Å². The molecule has 6 amide bonds. The lowest BCUT2D eigenvalue weighted by Gasteiger charge is -2.41. The summed E-state index contributed by atoms with van der Waals surface area (Å²) in [6.45, 7) is 7.25. The van der Waals surface area contributed by atoms with E-state index in [-0.39, 0.29) is 30.3 Å². The van der Waals surface area contributed by atoms with E-state index < -0.39 is 12.1 Å². The Labute approximate surface area is 283 Å². The number of urea groups is 2. The van der Waals surface area contributed by atoms with Crippen molar-refractivity contribution >= 4 is 35.3 Å². The molecule has 0 saturated carbocycles. The first-order valence-corrected chi connectivity index (χ1v) is 17.6. The smallest absolute Gasteiger partial charge is 0.322 e. The van der Waals surface area contributed by atoms with Crippen molar-refractivity contribution in [3.8, 4) is 5.75 Å². The van der Waals surface area contributed by atoms with Gasteiger partial charge in [0.2, 0.25) is 11.8 Å². The summed E-state index contributed by atoms with van der Waals surface area (Å²) in [5.41, 5.74) is 2.41. The largest absolute Gasteiger partial charge is 0.492 e. The topological polar surface area (TPSA) is 127 Å². The minimum absolute atomic E-state index is 0.00958. The van der Waals surface area contributed by atoms with Crippen LogP contribution in [0.3, 0.4) is 0 Å². The normalized spacial score (nSPS) is 20.0. The second kappa shape index (κ2) is 15.7. The van der Waals surface area contributed by atoms with E-state index >= 15 is 0 Å². The van der Waals surface area contributed by atoms with E-state index in [4.69, 9.17) is 4.74 Å². The van der Waals surface area contributed by atoms with Gasteiger partial charge in [-0.2, -0.15) is 0 Å². The van der Waals surface area contributed by atoms with Gasteiger partial charge in [-0.15, -0.1) is 0 Å². The number of benzene rings is 2. The molecule has 12 nitrogen and oxygen atoms in total. The summed E-state index contributed by atoms with van der Waals surface area (Å²) in [6.07, 6.45) is 6.68. The van der Waals surface area contributed by atoms with Gasteiger partial charge in [-0.1, -0.05) is 36.8 Å². The lowest BCUT2D eigenvalue weighted by molar-refractivity contribution is -0.140. The molecule has 3 N–H and O–H groups in total. The maximum atomic E-state index is 14.0. The van der Waals surface area contributed by atoms with Crippen LogP contribution in [0.15, 0.2) is 48.5 Å². The number of carbonyl (C=O) groups is 4. The van der Waals surface area contributed by atoms with Crippen LogP contribution in [-0.4, -0.2) is 107 Å². The first-order chi connectivity index (χ1) is 23.4. The van der Waals surface area contributed by atoms with Crippen LogP contribution in [0.2, 0.25) is 0 Å². The number of fused-ring (bicyclic) bond motifs is 1. The van der Waals surface area contributed by atoms with Gasteiger partial charge in [0.15, 0.2) is 0 Å². The molecule has 4 heterocycles. The molecule has 2 aromatic rings. The Bertz CT molecular complexity index is 1450. The number of piperidine rings is 3. The summed E-state index contributed by atoms with van der Waals surface area (Å²) in [7, 11) is 0. The molecule has 0 aliphatic carbocycles. The standard InChI is InChI=1S/C36H49N7O5/c1-2-48-32-13-7-6-12-30(32)37-35(46)38-31(34(45)42-22-14-27(15-23-42)40-18-8-3-9-19-40)24-33(44)41-20-16-28(17-21-41)43-25-26-10-4-5-11-29(26)39-36(43)47/h4-7,10-13,27-28,31H,2-3,8-9,14-25H2,1H3,(H,39,47)(H2,37,38,46)/t31-/m1/s1. The summed E-state index contributed by atoms with van der Waals surface area (Å²) in [5.74, 6) is 0.119. The molecular formula is C36H49N7O5. The van der Waals surface area contributed by atoms with E-state index in [2.05, 4.69) is 20.9 Å². The molecule has 6 rings (SSSR count). The summed E-state index contributed by atoms with van der Waals surface area (Å²) < 4.78 is 5.65. The maximum Gasteiger partial charge on any atom is 0.322 e. The van der Waals surface area contributed by atoms with Gasteiger partial charge in [-0.25, -0.2) is 9.59 Å². The molecule has 0 spiro atoms. The molecule has 0 unspecified atom stereocenters. The average Bonchev–Trinajstić information content (AvgIpc) is 3.12. The van der Waals surface area contributed by atoms with Crippen molar-refractivity contribution in [2.24, 2.45) is 0 Å². The SMILES string of the molecule is CCOc1ccccc1NC(=O)N[C@H](CC(=O)N1CCC(N2Cc3ccccc3NC2=O)CC1)C(=O)N1CCC(N2CCCCC2)CC1. The van der Waals surface area contributed by atoms with E-state index in [1.807, 2.05) is 47.1 Å². The number of ether oxygens (including phenoxy) is 1. The van der Waals surface area contributed by atoms with Gasteiger partial charge in [0.25, 0.3) is 0 Å². The van der Waals surface area contributed by atoms with Crippen LogP contribution in [0.25, 0.3) is 0 Å². The summed E-state index contributed by atoms with van der Waals surface area (Å²) >= 11 is 0. The fourth-order valence-corrected chi connectivity index (χ4v) is 7.57. The number of hydrogen-bond donors (Lipinski definition) is 3. The zero-order chi connectivity index (χ0) is 33.5. The van der Waals surface area contributed by atoms with Crippen molar-refractivity contribution in [2.75, 3.05) is 56.5 Å². The number of nitrogens with zero attached hydrogens (tertiary/aromatic N) is 4. The van der Waals surface area contributed by atoms with E-state index in [1.165, 1.54) is 19.3 Å². The van der Waals surface area contributed by atoms with Crippen molar-refractivity contribution < 1.29 is 23.9 Å². The highest BCUT2D eigenvalue weighted by Crippen LogP contribution is 2.28. The second-order valence-corrected chi connectivity index (χ2v) is 13.3. The quantitative estimate of drug-likeness (QED) is 0.365. The second-order valence-electron chi connectivity index (χ2n) is 13.3. The number of hydrogen-bond acceptors (Lipinski definition) is 6. The van der Waals surface area contributed by atoms with Gasteiger partial charge in [-0.05, 0) is 82.3 Å². The summed E-state index contributed by atoms with van der Waals surface area (Å²) in [4.78, 5) is 61.8. The zero-order valence-corrected chi connectivity index (χ0v) is 28.0. The van der Waals surface area contributed by atoms with Gasteiger partial charge in [0.1, 0.15) is 11.8 Å². The monoisotopic (exact) mass is 659 g/mol. The molecule has 258 valence electrons. The highest BCUT2D eigenvalue weighted by atomic mass is 16.5. The lowest BCUT2D eigenvalue weighted by Crippen LogP contribution is -2.56. The number of carbonyl (C=O) groups excluding carboxylic acids is 4. The Morgan fingerprint density at radius 2 is 1.52 bits per heavy atom. The highest BCUT2D eigenvalue weighted by molar-refractivity contribution is 5.97. The Hall–Kier alpha value is -4.32. The Balaban J connectivity index is 1.08. The molecule has 0 aromatic heterocycles. The Morgan fingerprint density at radius 1 is 0.854 bits per heavy atom. The average molecular weight is 660 g/mol. The van der Waals surface area contributed by atoms with Gasteiger partial charge < -0.3 is 40.3 Å². The minimum Gasteiger partial charge on any atom is -0.492 e. The number of amides is 6. The number of anilines is 2. The molecule has 12 heteroatoms. The predicted octanol–water partition coefficient (Wildman–Crippen LogP) is 4.48. The molecule has 3 saturated heterocycles. The van der Waals surface area contributed by atoms with Crippen molar-refractivity contribution in [3.05, 3.63) is 54.1 Å². The van der Waals surface area contributed by atoms with Gasteiger partial charge in [0.05, 0.1) is 18.7 Å². The predicted molar refractivity (Wildman–Crippen MR) is 184 cm³/mol. The molecular weight excluding hydrogens is 610 g/mol. The molecule has 4 aliphatic heterocycles. The van der Waals surface area contributed by atoms with Crippen LogP contribution in [0.5, 0.6) is 5.75 Å². The van der Waals surface area contributed by atoms with Gasteiger partial charge in [0, 0.05) is 50.5 Å². The zero-order valence-electron chi connectivity index (χ0n) is 28.0. The molecule has 1 atom stereocenters. The third kappa shape index (κ3) is 8.03. The lowest BCUT2D eigenvalue weighted by atomic mass is 9.98. The van der Waals surface area contributed by atoms with Crippen LogP contribution in [0.1, 0.15) is 63.9 Å².